The van der Waals surface area contributed by atoms with Crippen molar-refractivity contribution in [3.63, 3.8) is 0 Å². The van der Waals surface area contributed by atoms with E-state index in [9.17, 15) is 4.39 Å². The number of rotatable bonds is 6. The number of H-pyrrole nitrogens is 1. The van der Waals surface area contributed by atoms with Gasteiger partial charge in [-0.25, -0.2) is 4.39 Å². The van der Waals surface area contributed by atoms with E-state index in [1.807, 2.05) is 12.3 Å². The van der Waals surface area contributed by atoms with Crippen LogP contribution in [0.2, 0.25) is 0 Å². The number of nitrogens with zero attached hydrogens (tertiary/aromatic N) is 1. The van der Waals surface area contributed by atoms with Gasteiger partial charge in [0.2, 0.25) is 0 Å². The van der Waals surface area contributed by atoms with Crippen LogP contribution in [-0.4, -0.2) is 28.5 Å². The lowest BCUT2D eigenvalue weighted by atomic mass is 10.1. The molecule has 1 aromatic heterocycles. The number of hydrogen-bond donors (Lipinski definition) is 1. The molecule has 0 aliphatic carbocycles. The topological polar surface area (TPSA) is 19.0 Å². The van der Waals surface area contributed by atoms with Gasteiger partial charge >= 0.3 is 0 Å². The van der Waals surface area contributed by atoms with E-state index in [0.717, 1.165) is 30.3 Å². The molecule has 0 saturated carbocycles. The number of aromatic nitrogens is 1. The van der Waals surface area contributed by atoms with Gasteiger partial charge in [-0.1, -0.05) is 6.92 Å². The van der Waals surface area contributed by atoms with Crippen LogP contribution in [0.1, 0.15) is 39.7 Å². The largest absolute Gasteiger partial charge is 0.361 e. The molecular formula is C17H25FN2. The van der Waals surface area contributed by atoms with Gasteiger partial charge in [0.15, 0.2) is 0 Å². The average molecular weight is 276 g/mol. The Labute approximate surface area is 121 Å². The zero-order valence-electron chi connectivity index (χ0n) is 12.9. The SMILES string of the molecule is CCC(C)N(CCc1c[nH]c2ccc(F)cc12)C(C)C. The summed E-state index contributed by atoms with van der Waals surface area (Å²) in [6, 6.07) is 6.05. The van der Waals surface area contributed by atoms with E-state index in [4.69, 9.17) is 0 Å². The van der Waals surface area contributed by atoms with E-state index in [-0.39, 0.29) is 5.82 Å². The average Bonchev–Trinajstić information content (AvgIpc) is 2.80. The Morgan fingerprint density at radius 3 is 2.65 bits per heavy atom. The summed E-state index contributed by atoms with van der Waals surface area (Å²) in [5, 5.41) is 1.01. The number of nitrogens with one attached hydrogen (secondary N) is 1. The quantitative estimate of drug-likeness (QED) is 0.830. The number of hydrogen-bond acceptors (Lipinski definition) is 1. The molecule has 0 fully saturated rings. The van der Waals surface area contributed by atoms with Crippen LogP contribution in [0.4, 0.5) is 4.39 Å². The number of benzene rings is 1. The fourth-order valence-electron chi connectivity index (χ4n) is 2.83. The second-order valence-electron chi connectivity index (χ2n) is 5.84. The van der Waals surface area contributed by atoms with Gasteiger partial charge in [-0.2, -0.15) is 0 Å². The maximum atomic E-state index is 13.4. The van der Waals surface area contributed by atoms with E-state index in [1.54, 1.807) is 6.07 Å². The first-order valence-electron chi connectivity index (χ1n) is 7.54. The molecule has 20 heavy (non-hydrogen) atoms. The molecule has 1 atom stereocenters. The van der Waals surface area contributed by atoms with Crippen molar-refractivity contribution in [2.75, 3.05) is 6.54 Å². The highest BCUT2D eigenvalue weighted by molar-refractivity contribution is 5.83. The molecule has 110 valence electrons. The van der Waals surface area contributed by atoms with Gasteiger partial charge in [-0.05, 0) is 57.4 Å². The highest BCUT2D eigenvalue weighted by Crippen LogP contribution is 2.21. The van der Waals surface area contributed by atoms with Crippen molar-refractivity contribution in [2.24, 2.45) is 0 Å². The van der Waals surface area contributed by atoms with Gasteiger partial charge in [0.05, 0.1) is 0 Å². The lowest BCUT2D eigenvalue weighted by Crippen LogP contribution is -2.39. The van der Waals surface area contributed by atoms with Crippen molar-refractivity contribution >= 4 is 10.9 Å². The van der Waals surface area contributed by atoms with Crippen LogP contribution >= 0.6 is 0 Å². The van der Waals surface area contributed by atoms with E-state index < -0.39 is 0 Å². The predicted octanol–water partition coefficient (Wildman–Crippen LogP) is 4.36. The molecule has 3 heteroatoms. The maximum absolute atomic E-state index is 13.4. The van der Waals surface area contributed by atoms with Crippen LogP contribution in [0.15, 0.2) is 24.4 Å². The molecule has 0 bridgehead atoms. The summed E-state index contributed by atoms with van der Waals surface area (Å²) < 4.78 is 13.4. The van der Waals surface area contributed by atoms with Crippen molar-refractivity contribution in [2.45, 2.75) is 52.6 Å². The summed E-state index contributed by atoms with van der Waals surface area (Å²) >= 11 is 0. The van der Waals surface area contributed by atoms with E-state index in [1.165, 1.54) is 11.6 Å². The summed E-state index contributed by atoms with van der Waals surface area (Å²) in [7, 11) is 0. The molecule has 1 unspecified atom stereocenters. The Bertz CT molecular complexity index is 559. The molecule has 2 aromatic rings. The normalized spacial score (nSPS) is 13.6. The van der Waals surface area contributed by atoms with Gasteiger partial charge in [0.25, 0.3) is 0 Å². The number of halogens is 1. The lowest BCUT2D eigenvalue weighted by Gasteiger charge is -2.32. The lowest BCUT2D eigenvalue weighted by molar-refractivity contribution is 0.162. The molecule has 0 saturated heterocycles. The molecule has 1 N–H and O–H groups in total. The van der Waals surface area contributed by atoms with Crippen LogP contribution in [0.3, 0.4) is 0 Å². The van der Waals surface area contributed by atoms with Gasteiger partial charge in [0.1, 0.15) is 5.82 Å². The zero-order chi connectivity index (χ0) is 14.7. The molecule has 0 radical (unpaired) electrons. The Kier molecular flexibility index (Phi) is 4.81. The van der Waals surface area contributed by atoms with E-state index >= 15 is 0 Å². The second kappa shape index (κ2) is 6.40. The van der Waals surface area contributed by atoms with Crippen molar-refractivity contribution < 1.29 is 4.39 Å². The molecule has 0 amide bonds. The minimum atomic E-state index is -0.166. The molecule has 0 aliphatic heterocycles. The van der Waals surface area contributed by atoms with E-state index in [2.05, 4.69) is 37.6 Å². The van der Waals surface area contributed by atoms with Crippen LogP contribution in [0.25, 0.3) is 10.9 Å². The standard InChI is InChI=1S/C17H25FN2/c1-5-13(4)20(12(2)3)9-8-14-11-19-17-7-6-15(18)10-16(14)17/h6-7,10-13,19H,5,8-9H2,1-4H3. The minimum absolute atomic E-state index is 0.166. The zero-order valence-corrected chi connectivity index (χ0v) is 12.9. The third kappa shape index (κ3) is 3.21. The van der Waals surface area contributed by atoms with Gasteiger partial charge in [-0.3, -0.25) is 4.90 Å². The first kappa shape index (κ1) is 15.0. The summed E-state index contributed by atoms with van der Waals surface area (Å²) in [6.45, 7) is 9.98. The Balaban J connectivity index is 2.13. The predicted molar refractivity (Wildman–Crippen MR) is 83.6 cm³/mol. The van der Waals surface area contributed by atoms with E-state index in [0.29, 0.717) is 12.1 Å². The molecule has 1 aromatic carbocycles. The van der Waals surface area contributed by atoms with Gasteiger partial charge in [0, 0.05) is 35.7 Å². The van der Waals surface area contributed by atoms with Crippen LogP contribution < -0.4 is 0 Å². The number of fused-ring (bicyclic) bond motifs is 1. The monoisotopic (exact) mass is 276 g/mol. The molecule has 0 spiro atoms. The molecule has 1 heterocycles. The highest BCUT2D eigenvalue weighted by atomic mass is 19.1. The maximum Gasteiger partial charge on any atom is 0.123 e. The minimum Gasteiger partial charge on any atom is -0.361 e. The van der Waals surface area contributed by atoms with Gasteiger partial charge < -0.3 is 4.98 Å². The third-order valence-electron chi connectivity index (χ3n) is 4.19. The van der Waals surface area contributed by atoms with Crippen molar-refractivity contribution in [3.05, 3.63) is 35.8 Å². The molecule has 2 nitrogen and oxygen atoms in total. The molecule has 2 rings (SSSR count). The first-order chi connectivity index (χ1) is 9.52. The second-order valence-corrected chi connectivity index (χ2v) is 5.84. The smallest absolute Gasteiger partial charge is 0.123 e. The summed E-state index contributed by atoms with van der Waals surface area (Å²) in [5.74, 6) is -0.166. The van der Waals surface area contributed by atoms with Crippen molar-refractivity contribution in [3.8, 4) is 0 Å². The summed E-state index contributed by atoms with van der Waals surface area (Å²) in [4.78, 5) is 5.74. The Morgan fingerprint density at radius 1 is 1.25 bits per heavy atom. The summed E-state index contributed by atoms with van der Waals surface area (Å²) in [5.41, 5.74) is 2.22. The summed E-state index contributed by atoms with van der Waals surface area (Å²) in [6.07, 6.45) is 4.12. The molecular weight excluding hydrogens is 251 g/mol. The van der Waals surface area contributed by atoms with Crippen LogP contribution in [0.5, 0.6) is 0 Å². The Morgan fingerprint density at radius 2 is 2.00 bits per heavy atom. The highest BCUT2D eigenvalue weighted by Gasteiger charge is 2.16. The fraction of sp³-hybridized carbons (Fsp3) is 0.529. The van der Waals surface area contributed by atoms with Crippen molar-refractivity contribution in [1.29, 1.82) is 0 Å². The first-order valence-corrected chi connectivity index (χ1v) is 7.54. The Hall–Kier alpha value is -1.35. The fourth-order valence-corrected chi connectivity index (χ4v) is 2.83. The van der Waals surface area contributed by atoms with Gasteiger partial charge in [-0.15, -0.1) is 0 Å². The van der Waals surface area contributed by atoms with Crippen LogP contribution in [0, 0.1) is 5.82 Å². The molecule has 0 aliphatic rings. The number of aromatic amines is 1. The van der Waals surface area contributed by atoms with Crippen molar-refractivity contribution in [1.82, 2.24) is 9.88 Å². The van der Waals surface area contributed by atoms with Crippen LogP contribution in [-0.2, 0) is 6.42 Å². The third-order valence-corrected chi connectivity index (χ3v) is 4.19.